The predicted octanol–water partition coefficient (Wildman–Crippen LogP) is 3.94. The molecule has 0 spiro atoms. The van der Waals surface area contributed by atoms with Crippen LogP contribution in [-0.2, 0) is 4.57 Å². The highest BCUT2D eigenvalue weighted by Crippen LogP contribution is 2.56. The SMILES string of the molecule is CNC(c1ccc(OC)c(OC)c1)P(=O)(c1ccccc1)c1ccccc1. The van der Waals surface area contributed by atoms with E-state index < -0.39 is 12.9 Å². The lowest BCUT2D eigenvalue weighted by Crippen LogP contribution is -2.28. The van der Waals surface area contributed by atoms with Gasteiger partial charge in [0.25, 0.3) is 0 Å². The normalized spacial score (nSPS) is 12.4. The molecule has 0 amide bonds. The Morgan fingerprint density at radius 3 is 1.74 bits per heavy atom. The summed E-state index contributed by atoms with van der Waals surface area (Å²) in [5, 5.41) is 4.91. The van der Waals surface area contributed by atoms with Gasteiger partial charge in [0, 0.05) is 10.6 Å². The number of ether oxygens (including phenoxy) is 2. The first-order chi connectivity index (χ1) is 13.1. The molecule has 0 radical (unpaired) electrons. The number of hydrogen-bond donors (Lipinski definition) is 1. The summed E-state index contributed by atoms with van der Waals surface area (Å²) in [6, 6.07) is 24.9. The molecule has 1 N–H and O–H groups in total. The van der Waals surface area contributed by atoms with Gasteiger partial charge in [-0.1, -0.05) is 66.7 Å². The standard InChI is InChI=1S/C22H24NO3P/c1-23-22(17-14-15-20(25-2)21(16-17)26-3)27(24,18-10-6-4-7-11-18)19-12-8-5-9-13-19/h4-16,22-23H,1-3H3. The molecule has 1 atom stereocenters. The Morgan fingerprint density at radius 2 is 1.30 bits per heavy atom. The van der Waals surface area contributed by atoms with Gasteiger partial charge >= 0.3 is 0 Å². The molecule has 0 aliphatic heterocycles. The number of benzene rings is 3. The molecule has 0 aromatic heterocycles. The minimum Gasteiger partial charge on any atom is -0.493 e. The maximum absolute atomic E-state index is 14.6. The summed E-state index contributed by atoms with van der Waals surface area (Å²) < 4.78 is 25.4. The second kappa shape index (κ2) is 8.43. The van der Waals surface area contributed by atoms with E-state index in [4.69, 9.17) is 9.47 Å². The van der Waals surface area contributed by atoms with Crippen molar-refractivity contribution in [1.29, 1.82) is 0 Å². The van der Waals surface area contributed by atoms with Crippen LogP contribution in [0.15, 0.2) is 78.9 Å². The lowest BCUT2D eigenvalue weighted by atomic mass is 10.2. The van der Waals surface area contributed by atoms with Crippen LogP contribution < -0.4 is 25.4 Å². The van der Waals surface area contributed by atoms with Crippen LogP contribution in [0.2, 0.25) is 0 Å². The van der Waals surface area contributed by atoms with Gasteiger partial charge in [-0.05, 0) is 24.7 Å². The average molecular weight is 381 g/mol. The fourth-order valence-corrected chi connectivity index (χ4v) is 6.40. The van der Waals surface area contributed by atoms with Crippen LogP contribution in [0.5, 0.6) is 11.5 Å². The predicted molar refractivity (Wildman–Crippen MR) is 111 cm³/mol. The van der Waals surface area contributed by atoms with Gasteiger partial charge in [0.1, 0.15) is 0 Å². The summed E-state index contributed by atoms with van der Waals surface area (Å²) in [6.45, 7) is 0. The van der Waals surface area contributed by atoms with Gasteiger partial charge in [-0.15, -0.1) is 0 Å². The first-order valence-corrected chi connectivity index (χ1v) is 10.5. The molecule has 0 aliphatic rings. The van der Waals surface area contributed by atoms with Gasteiger partial charge in [0.15, 0.2) is 18.6 Å². The van der Waals surface area contributed by atoms with Crippen molar-refractivity contribution in [3.63, 3.8) is 0 Å². The lowest BCUT2D eigenvalue weighted by Gasteiger charge is -2.29. The largest absolute Gasteiger partial charge is 0.493 e. The molecule has 0 aliphatic carbocycles. The first-order valence-electron chi connectivity index (χ1n) is 8.75. The molecule has 5 heteroatoms. The maximum atomic E-state index is 14.6. The van der Waals surface area contributed by atoms with E-state index in [1.165, 1.54) is 0 Å². The van der Waals surface area contributed by atoms with Crippen molar-refractivity contribution >= 4 is 17.8 Å². The first kappa shape index (κ1) is 19.2. The molecule has 4 nitrogen and oxygen atoms in total. The van der Waals surface area contributed by atoms with Gasteiger partial charge in [0.05, 0.1) is 20.0 Å². The Bertz CT molecular complexity index is 885. The summed E-state index contributed by atoms with van der Waals surface area (Å²) in [6.07, 6.45) is 0. The van der Waals surface area contributed by atoms with Gasteiger partial charge in [-0.2, -0.15) is 0 Å². The van der Waals surface area contributed by atoms with Gasteiger partial charge in [-0.25, -0.2) is 0 Å². The topological polar surface area (TPSA) is 47.6 Å². The lowest BCUT2D eigenvalue weighted by molar-refractivity contribution is 0.354. The maximum Gasteiger partial charge on any atom is 0.163 e. The van der Waals surface area contributed by atoms with E-state index in [1.54, 1.807) is 14.2 Å². The Balaban J connectivity index is 2.20. The molecule has 27 heavy (non-hydrogen) atoms. The van der Waals surface area contributed by atoms with Crippen molar-refractivity contribution < 1.29 is 14.0 Å². The number of nitrogens with one attached hydrogen (secondary N) is 1. The van der Waals surface area contributed by atoms with Crippen molar-refractivity contribution in [2.75, 3.05) is 21.3 Å². The van der Waals surface area contributed by atoms with Crippen LogP contribution in [0, 0.1) is 0 Å². The van der Waals surface area contributed by atoms with Crippen molar-refractivity contribution in [2.45, 2.75) is 5.78 Å². The Kier molecular flexibility index (Phi) is 6.00. The Morgan fingerprint density at radius 1 is 0.778 bits per heavy atom. The number of rotatable bonds is 7. The van der Waals surface area contributed by atoms with Crippen LogP contribution in [0.25, 0.3) is 0 Å². The van der Waals surface area contributed by atoms with E-state index in [2.05, 4.69) is 5.32 Å². The molecule has 0 saturated heterocycles. The van der Waals surface area contributed by atoms with Crippen LogP contribution in [0.3, 0.4) is 0 Å². The van der Waals surface area contributed by atoms with Crippen molar-refractivity contribution in [3.05, 3.63) is 84.4 Å². The number of hydrogen-bond acceptors (Lipinski definition) is 4. The smallest absolute Gasteiger partial charge is 0.163 e. The van der Waals surface area contributed by atoms with Crippen molar-refractivity contribution in [3.8, 4) is 11.5 Å². The molecule has 3 aromatic rings. The zero-order valence-corrected chi connectivity index (χ0v) is 16.6. The third-order valence-electron chi connectivity index (χ3n) is 4.64. The average Bonchev–Trinajstić information content (AvgIpc) is 2.75. The zero-order chi connectivity index (χ0) is 19.3. The van der Waals surface area contributed by atoms with E-state index in [0.717, 1.165) is 16.2 Å². The molecule has 0 bridgehead atoms. The van der Waals surface area contributed by atoms with Crippen LogP contribution in [0.4, 0.5) is 0 Å². The molecular formula is C22H24NO3P. The quantitative estimate of drug-likeness (QED) is 0.630. The number of methoxy groups -OCH3 is 2. The highest BCUT2D eigenvalue weighted by Gasteiger charge is 2.37. The summed E-state index contributed by atoms with van der Waals surface area (Å²) in [4.78, 5) is 0. The van der Waals surface area contributed by atoms with Crippen molar-refractivity contribution in [2.24, 2.45) is 0 Å². The van der Waals surface area contributed by atoms with E-state index in [-0.39, 0.29) is 0 Å². The Hall–Kier alpha value is -2.55. The molecule has 0 heterocycles. The molecular weight excluding hydrogens is 357 g/mol. The second-order valence-corrected chi connectivity index (χ2v) is 9.00. The summed E-state index contributed by atoms with van der Waals surface area (Å²) in [5.74, 6) is 0.857. The monoisotopic (exact) mass is 381 g/mol. The fraction of sp³-hybridized carbons (Fsp3) is 0.182. The minimum atomic E-state index is -3.02. The van der Waals surface area contributed by atoms with E-state index >= 15 is 0 Å². The van der Waals surface area contributed by atoms with E-state index in [1.807, 2.05) is 85.9 Å². The highest BCUT2D eigenvalue weighted by atomic mass is 31.2. The van der Waals surface area contributed by atoms with Crippen LogP contribution in [-0.4, -0.2) is 21.3 Å². The van der Waals surface area contributed by atoms with Gasteiger partial charge < -0.3 is 19.4 Å². The highest BCUT2D eigenvalue weighted by molar-refractivity contribution is 7.79. The molecule has 140 valence electrons. The molecule has 1 unspecified atom stereocenters. The minimum absolute atomic E-state index is 0.401. The summed E-state index contributed by atoms with van der Waals surface area (Å²) in [5.41, 5.74) is 0.881. The third-order valence-corrected chi connectivity index (χ3v) is 8.05. The van der Waals surface area contributed by atoms with Crippen LogP contribution >= 0.6 is 7.14 Å². The van der Waals surface area contributed by atoms with Gasteiger partial charge in [-0.3, -0.25) is 0 Å². The zero-order valence-electron chi connectivity index (χ0n) is 15.8. The molecule has 0 fully saturated rings. The van der Waals surface area contributed by atoms with Crippen LogP contribution in [0.1, 0.15) is 11.3 Å². The second-order valence-electron chi connectivity index (χ2n) is 6.13. The molecule has 3 aromatic carbocycles. The van der Waals surface area contributed by atoms with E-state index in [9.17, 15) is 4.57 Å². The molecule has 3 rings (SSSR count). The van der Waals surface area contributed by atoms with E-state index in [0.29, 0.717) is 11.5 Å². The van der Waals surface area contributed by atoms with Gasteiger partial charge in [0.2, 0.25) is 0 Å². The molecule has 0 saturated carbocycles. The summed E-state index contributed by atoms with van der Waals surface area (Å²) in [7, 11) is 2.02. The fourth-order valence-electron chi connectivity index (χ4n) is 3.33. The van der Waals surface area contributed by atoms with Crippen molar-refractivity contribution in [1.82, 2.24) is 5.32 Å². The Labute approximate surface area is 160 Å². The third kappa shape index (κ3) is 3.64. The summed E-state index contributed by atoms with van der Waals surface area (Å²) >= 11 is 0.